The molecule has 1 aliphatic rings. The number of hydrogen-bond donors (Lipinski definition) is 2. The molecule has 2 nitrogen and oxygen atoms in total. The van der Waals surface area contributed by atoms with Crippen LogP contribution in [0.2, 0.25) is 0 Å². The van der Waals surface area contributed by atoms with Crippen LogP contribution in [-0.4, -0.2) is 0 Å². The molecule has 196 valence electrons. The van der Waals surface area contributed by atoms with Gasteiger partial charge in [0, 0.05) is 16.8 Å². The molecule has 0 atom stereocenters. The average Bonchev–Trinajstić information content (AvgIpc) is 2.97. The first-order valence-electron chi connectivity index (χ1n) is 14.4. The number of nitrogens with two attached hydrogens (primary N) is 2. The van der Waals surface area contributed by atoms with E-state index in [1.165, 1.54) is 65.5 Å². The van der Waals surface area contributed by atoms with E-state index in [9.17, 15) is 0 Å². The maximum absolute atomic E-state index is 5.85. The summed E-state index contributed by atoms with van der Waals surface area (Å²) < 4.78 is 0. The SMILES string of the molecule is CCC1CCC(c2ccc(CCc3ccc(N)cc3)cc2)(c2ccc(CCc3ccc(N)cc3)cc2)CC1. The number of rotatable bonds is 9. The highest BCUT2D eigenvalue weighted by atomic mass is 14.5. The number of hydrogen-bond acceptors (Lipinski definition) is 2. The molecule has 0 radical (unpaired) electrons. The molecule has 1 aliphatic carbocycles. The molecule has 4 aromatic rings. The van der Waals surface area contributed by atoms with Gasteiger partial charge in [0.15, 0.2) is 0 Å². The Morgan fingerprint density at radius 1 is 0.526 bits per heavy atom. The molecule has 0 aromatic heterocycles. The van der Waals surface area contributed by atoms with Crippen molar-refractivity contribution in [1.82, 2.24) is 0 Å². The van der Waals surface area contributed by atoms with E-state index in [0.29, 0.717) is 0 Å². The lowest BCUT2D eigenvalue weighted by molar-refractivity contribution is 0.260. The summed E-state index contributed by atoms with van der Waals surface area (Å²) in [6.07, 6.45) is 10.6. The maximum atomic E-state index is 5.85. The molecular formula is C36H42N2. The zero-order valence-corrected chi connectivity index (χ0v) is 22.8. The molecule has 0 amide bonds. The van der Waals surface area contributed by atoms with E-state index in [-0.39, 0.29) is 5.41 Å². The van der Waals surface area contributed by atoms with Gasteiger partial charge in [-0.3, -0.25) is 0 Å². The van der Waals surface area contributed by atoms with Gasteiger partial charge in [-0.15, -0.1) is 0 Å². The predicted molar refractivity (Wildman–Crippen MR) is 162 cm³/mol. The highest BCUT2D eigenvalue weighted by Gasteiger charge is 2.38. The van der Waals surface area contributed by atoms with E-state index >= 15 is 0 Å². The van der Waals surface area contributed by atoms with Crippen molar-refractivity contribution >= 4 is 11.4 Å². The first-order valence-corrected chi connectivity index (χ1v) is 14.4. The van der Waals surface area contributed by atoms with Crippen molar-refractivity contribution in [3.63, 3.8) is 0 Å². The Balaban J connectivity index is 1.31. The van der Waals surface area contributed by atoms with Crippen molar-refractivity contribution in [2.75, 3.05) is 11.5 Å². The van der Waals surface area contributed by atoms with Gasteiger partial charge < -0.3 is 11.5 Å². The smallest absolute Gasteiger partial charge is 0.0314 e. The van der Waals surface area contributed by atoms with Crippen molar-refractivity contribution in [3.8, 4) is 0 Å². The first kappa shape index (κ1) is 26.1. The van der Waals surface area contributed by atoms with Gasteiger partial charge in [-0.05, 0) is 115 Å². The topological polar surface area (TPSA) is 52.0 Å². The highest BCUT2D eigenvalue weighted by Crippen LogP contribution is 2.47. The second-order valence-corrected chi connectivity index (χ2v) is 11.3. The van der Waals surface area contributed by atoms with Crippen LogP contribution in [0.15, 0.2) is 97.1 Å². The Labute approximate surface area is 229 Å². The molecule has 0 heterocycles. The number of nitrogen functional groups attached to an aromatic ring is 2. The summed E-state index contributed by atoms with van der Waals surface area (Å²) in [6.45, 7) is 2.35. The van der Waals surface area contributed by atoms with Crippen molar-refractivity contribution in [2.24, 2.45) is 5.92 Å². The van der Waals surface area contributed by atoms with E-state index in [0.717, 1.165) is 43.0 Å². The molecule has 1 fully saturated rings. The normalized spacial score (nSPS) is 15.4. The van der Waals surface area contributed by atoms with Gasteiger partial charge in [-0.25, -0.2) is 0 Å². The average molecular weight is 503 g/mol. The van der Waals surface area contributed by atoms with Crippen LogP contribution in [0.4, 0.5) is 11.4 Å². The van der Waals surface area contributed by atoms with Crippen LogP contribution in [0.25, 0.3) is 0 Å². The van der Waals surface area contributed by atoms with Gasteiger partial charge >= 0.3 is 0 Å². The van der Waals surface area contributed by atoms with Gasteiger partial charge in [-0.2, -0.15) is 0 Å². The van der Waals surface area contributed by atoms with Gasteiger partial charge in [0.25, 0.3) is 0 Å². The second-order valence-electron chi connectivity index (χ2n) is 11.3. The monoisotopic (exact) mass is 502 g/mol. The van der Waals surface area contributed by atoms with Crippen LogP contribution >= 0.6 is 0 Å². The van der Waals surface area contributed by atoms with Crippen molar-refractivity contribution in [1.29, 1.82) is 0 Å². The molecule has 0 saturated heterocycles. The molecule has 0 spiro atoms. The van der Waals surface area contributed by atoms with E-state index in [4.69, 9.17) is 11.5 Å². The van der Waals surface area contributed by atoms with E-state index in [2.05, 4.69) is 79.7 Å². The summed E-state index contributed by atoms with van der Waals surface area (Å²) in [6, 6.07) is 35.7. The summed E-state index contributed by atoms with van der Waals surface area (Å²) in [5.74, 6) is 0.862. The van der Waals surface area contributed by atoms with Gasteiger partial charge in [0.05, 0.1) is 0 Å². The fraction of sp³-hybridized carbons (Fsp3) is 0.333. The molecule has 5 rings (SSSR count). The van der Waals surface area contributed by atoms with E-state index in [1.807, 2.05) is 24.3 Å². The molecule has 2 heteroatoms. The Morgan fingerprint density at radius 3 is 1.16 bits per heavy atom. The minimum Gasteiger partial charge on any atom is -0.399 e. The predicted octanol–water partition coefficient (Wildman–Crippen LogP) is 8.31. The van der Waals surface area contributed by atoms with Crippen LogP contribution in [0.5, 0.6) is 0 Å². The zero-order chi connectivity index (χ0) is 26.4. The summed E-state index contributed by atoms with van der Waals surface area (Å²) in [5.41, 5.74) is 21.9. The quantitative estimate of drug-likeness (QED) is 0.226. The molecule has 38 heavy (non-hydrogen) atoms. The molecule has 4 aromatic carbocycles. The Hall–Kier alpha value is -3.52. The number of aryl methyl sites for hydroxylation is 4. The minimum absolute atomic E-state index is 0.122. The molecule has 0 bridgehead atoms. The Morgan fingerprint density at radius 2 is 0.842 bits per heavy atom. The minimum atomic E-state index is 0.122. The molecule has 0 unspecified atom stereocenters. The first-order chi connectivity index (χ1) is 18.5. The molecular weight excluding hydrogens is 460 g/mol. The van der Waals surface area contributed by atoms with Gasteiger partial charge in [-0.1, -0.05) is 86.1 Å². The molecule has 0 aliphatic heterocycles. The van der Waals surface area contributed by atoms with Crippen LogP contribution in [-0.2, 0) is 31.1 Å². The van der Waals surface area contributed by atoms with Crippen molar-refractivity contribution in [3.05, 3.63) is 130 Å². The lowest BCUT2D eigenvalue weighted by atomic mass is 9.62. The summed E-state index contributed by atoms with van der Waals surface area (Å²) in [5, 5.41) is 0. The van der Waals surface area contributed by atoms with Crippen molar-refractivity contribution < 1.29 is 0 Å². The number of anilines is 2. The third kappa shape index (κ3) is 6.13. The van der Waals surface area contributed by atoms with Crippen LogP contribution in [0, 0.1) is 5.92 Å². The fourth-order valence-electron chi connectivity index (χ4n) is 6.25. The fourth-order valence-corrected chi connectivity index (χ4v) is 6.25. The summed E-state index contributed by atoms with van der Waals surface area (Å²) in [4.78, 5) is 0. The zero-order valence-electron chi connectivity index (χ0n) is 22.8. The van der Waals surface area contributed by atoms with Crippen molar-refractivity contribution in [2.45, 2.75) is 70.1 Å². The van der Waals surface area contributed by atoms with E-state index in [1.54, 1.807) is 0 Å². The number of benzene rings is 4. The van der Waals surface area contributed by atoms with Gasteiger partial charge in [0.2, 0.25) is 0 Å². The maximum Gasteiger partial charge on any atom is 0.0314 e. The third-order valence-corrected chi connectivity index (χ3v) is 8.91. The van der Waals surface area contributed by atoms with E-state index < -0.39 is 0 Å². The largest absolute Gasteiger partial charge is 0.399 e. The molecule has 1 saturated carbocycles. The second kappa shape index (κ2) is 11.9. The van der Waals surface area contributed by atoms with Gasteiger partial charge in [0.1, 0.15) is 0 Å². The lowest BCUT2D eigenvalue weighted by Crippen LogP contribution is -2.33. The Bertz CT molecular complexity index is 1180. The highest BCUT2D eigenvalue weighted by molar-refractivity contribution is 5.43. The van der Waals surface area contributed by atoms with Crippen LogP contribution in [0.3, 0.4) is 0 Å². The summed E-state index contributed by atoms with van der Waals surface area (Å²) in [7, 11) is 0. The van der Waals surface area contributed by atoms with Crippen LogP contribution in [0.1, 0.15) is 72.4 Å². The Kier molecular flexibility index (Phi) is 8.17. The standard InChI is InChI=1S/C36H42N2/c1-2-27-23-25-36(26-24-27,32-15-7-28(8-16-32)3-5-30-11-19-34(37)20-12-30)33-17-9-29(10-18-33)4-6-31-13-21-35(38)22-14-31/h7-22,27H,2-6,23-26,37-38H2,1H3. The lowest BCUT2D eigenvalue weighted by Gasteiger charge is -2.41. The third-order valence-electron chi connectivity index (χ3n) is 8.91. The summed E-state index contributed by atoms with van der Waals surface area (Å²) >= 11 is 0. The van der Waals surface area contributed by atoms with Crippen LogP contribution < -0.4 is 11.5 Å². The molecule has 4 N–H and O–H groups in total.